The molecule has 2 fully saturated rings. The monoisotopic (exact) mass is 481 g/mol. The molecule has 5 rings (SSSR count). The Kier molecular flexibility index (Phi) is 5.61. The second-order valence-electron chi connectivity index (χ2n) is 10.6. The predicted molar refractivity (Wildman–Crippen MR) is 128 cm³/mol. The van der Waals surface area contributed by atoms with E-state index in [2.05, 4.69) is 38.9 Å². The van der Waals surface area contributed by atoms with E-state index in [1.807, 2.05) is 7.05 Å². The summed E-state index contributed by atoms with van der Waals surface area (Å²) in [4.78, 5) is 9.96. The SMILES string of the molecule is COc1cc(-c2cc(O)c(-c3ccc(N(C)C4C[C@]5(C)CC[C@](C)(C4)C5)nn3)c(F)c2F)ncn1. The number of hydrogen-bond donors (Lipinski definition) is 1. The van der Waals surface area contributed by atoms with E-state index in [0.717, 1.165) is 18.9 Å². The summed E-state index contributed by atoms with van der Waals surface area (Å²) in [5.74, 6) is -1.98. The maximum absolute atomic E-state index is 15.1. The number of nitrogens with zero attached hydrogens (tertiary/aromatic N) is 5. The van der Waals surface area contributed by atoms with Crippen LogP contribution < -0.4 is 9.64 Å². The Morgan fingerprint density at radius 3 is 2.34 bits per heavy atom. The van der Waals surface area contributed by atoms with Crippen molar-refractivity contribution in [3.05, 3.63) is 42.2 Å². The van der Waals surface area contributed by atoms with Gasteiger partial charge in [0.05, 0.1) is 24.1 Å². The maximum atomic E-state index is 15.1. The van der Waals surface area contributed by atoms with Crippen LogP contribution in [0.5, 0.6) is 11.6 Å². The fraction of sp³-hybridized carbons (Fsp3) is 0.462. The molecule has 7 nitrogen and oxygen atoms in total. The fourth-order valence-electron chi connectivity index (χ4n) is 6.12. The summed E-state index contributed by atoms with van der Waals surface area (Å²) in [6, 6.07) is 6.12. The Labute approximate surface area is 203 Å². The highest BCUT2D eigenvalue weighted by Gasteiger charge is 2.50. The summed E-state index contributed by atoms with van der Waals surface area (Å²) in [6.45, 7) is 4.74. The van der Waals surface area contributed by atoms with Gasteiger partial charge in [0.1, 0.15) is 12.1 Å². The quantitative estimate of drug-likeness (QED) is 0.523. The molecule has 9 heteroatoms. The number of phenolic OH excluding ortho intramolecular Hbond substituents is 1. The summed E-state index contributed by atoms with van der Waals surface area (Å²) in [5, 5.41) is 19.0. The normalized spacial score (nSPS) is 25.5. The lowest BCUT2D eigenvalue weighted by atomic mass is 9.68. The highest BCUT2D eigenvalue weighted by atomic mass is 19.2. The van der Waals surface area contributed by atoms with Crippen LogP contribution in [0.3, 0.4) is 0 Å². The van der Waals surface area contributed by atoms with Gasteiger partial charge < -0.3 is 14.7 Å². The average Bonchev–Trinajstić information content (AvgIpc) is 3.07. The molecule has 0 radical (unpaired) electrons. The number of fused-ring (bicyclic) bond motifs is 2. The third kappa shape index (κ3) is 4.17. The zero-order valence-corrected chi connectivity index (χ0v) is 20.3. The number of aromatic nitrogens is 4. The lowest BCUT2D eigenvalue weighted by Crippen LogP contribution is -2.42. The molecule has 184 valence electrons. The summed E-state index contributed by atoms with van der Waals surface area (Å²) in [6.07, 6.45) is 7.13. The van der Waals surface area contributed by atoms with Crippen molar-refractivity contribution in [2.45, 2.75) is 52.0 Å². The number of ether oxygens (including phenoxy) is 1. The molecule has 3 aromatic rings. The fourth-order valence-corrected chi connectivity index (χ4v) is 6.12. The van der Waals surface area contributed by atoms with Gasteiger partial charge >= 0.3 is 0 Å². The standard InChI is InChI=1S/C26H29F2N5O2/c1-25-7-8-26(2,13-25)12-15(11-25)33(3)20-6-5-17(31-32-20)22-19(34)9-16(23(27)24(22)28)18-10-21(35-4)30-14-29-18/h5-6,9-10,14-15,34H,7-8,11-13H2,1-4H3/t15?,25-,26+. The molecule has 0 saturated heterocycles. The van der Waals surface area contributed by atoms with Gasteiger partial charge in [-0.15, -0.1) is 10.2 Å². The van der Waals surface area contributed by atoms with Gasteiger partial charge in [0.2, 0.25) is 5.88 Å². The number of aromatic hydroxyl groups is 1. The number of rotatable bonds is 5. The zero-order valence-electron chi connectivity index (χ0n) is 20.3. The van der Waals surface area contributed by atoms with Gasteiger partial charge in [0, 0.05) is 24.7 Å². The molecule has 0 aliphatic heterocycles. The smallest absolute Gasteiger partial charge is 0.216 e. The first-order valence-electron chi connectivity index (χ1n) is 11.8. The van der Waals surface area contributed by atoms with E-state index in [0.29, 0.717) is 22.7 Å². The summed E-state index contributed by atoms with van der Waals surface area (Å²) in [7, 11) is 3.41. The maximum Gasteiger partial charge on any atom is 0.216 e. The van der Waals surface area contributed by atoms with E-state index in [9.17, 15) is 5.11 Å². The number of halogens is 2. The molecule has 3 atom stereocenters. The molecule has 2 aromatic heterocycles. The van der Waals surface area contributed by atoms with Gasteiger partial charge in [-0.2, -0.15) is 0 Å². The van der Waals surface area contributed by atoms with Crippen LogP contribution in [0.1, 0.15) is 46.0 Å². The first-order valence-corrected chi connectivity index (χ1v) is 11.8. The molecule has 0 spiro atoms. The van der Waals surface area contributed by atoms with Crippen LogP contribution in [0.4, 0.5) is 14.6 Å². The van der Waals surface area contributed by atoms with Crippen LogP contribution in [-0.2, 0) is 0 Å². The minimum absolute atomic E-state index is 0.0468. The lowest BCUT2D eigenvalue weighted by Gasteiger charge is -2.44. The lowest BCUT2D eigenvalue weighted by molar-refractivity contribution is 0.148. The highest BCUT2D eigenvalue weighted by molar-refractivity contribution is 5.74. The molecule has 2 aliphatic rings. The van der Waals surface area contributed by atoms with Crippen molar-refractivity contribution in [2.75, 3.05) is 19.1 Å². The van der Waals surface area contributed by atoms with Gasteiger partial charge in [0.15, 0.2) is 17.5 Å². The second-order valence-corrected chi connectivity index (χ2v) is 10.6. The first-order chi connectivity index (χ1) is 16.6. The Hall–Kier alpha value is -3.36. The molecule has 1 aromatic carbocycles. The first kappa shape index (κ1) is 23.4. The van der Waals surface area contributed by atoms with Crippen LogP contribution in [-0.4, -0.2) is 45.5 Å². The van der Waals surface area contributed by atoms with E-state index in [4.69, 9.17) is 4.74 Å². The molecular formula is C26H29F2N5O2. The number of benzene rings is 1. The van der Waals surface area contributed by atoms with E-state index in [1.54, 1.807) is 12.1 Å². The molecule has 2 aliphatic carbocycles. The largest absolute Gasteiger partial charge is 0.507 e. The Morgan fingerprint density at radius 1 is 1.00 bits per heavy atom. The van der Waals surface area contributed by atoms with Crippen molar-refractivity contribution in [2.24, 2.45) is 10.8 Å². The van der Waals surface area contributed by atoms with Crippen molar-refractivity contribution >= 4 is 5.82 Å². The summed E-state index contributed by atoms with van der Waals surface area (Å²) >= 11 is 0. The van der Waals surface area contributed by atoms with E-state index < -0.39 is 17.4 Å². The molecule has 0 amide bonds. The van der Waals surface area contributed by atoms with Gasteiger partial charge in [-0.3, -0.25) is 0 Å². The summed E-state index contributed by atoms with van der Waals surface area (Å²) in [5.41, 5.74) is 0.280. The van der Waals surface area contributed by atoms with Gasteiger partial charge in [-0.05, 0) is 61.1 Å². The number of phenols is 1. The predicted octanol–water partition coefficient (Wildman–Crippen LogP) is 5.39. The van der Waals surface area contributed by atoms with Crippen LogP contribution in [0.25, 0.3) is 22.5 Å². The van der Waals surface area contributed by atoms with Gasteiger partial charge in [-0.25, -0.2) is 18.7 Å². The molecule has 2 heterocycles. The van der Waals surface area contributed by atoms with Crippen molar-refractivity contribution in [1.29, 1.82) is 0 Å². The van der Waals surface area contributed by atoms with Crippen molar-refractivity contribution in [3.8, 4) is 34.1 Å². The third-order valence-corrected chi connectivity index (χ3v) is 7.77. The Morgan fingerprint density at radius 2 is 1.71 bits per heavy atom. The Balaban J connectivity index is 1.43. The zero-order chi connectivity index (χ0) is 25.0. The van der Waals surface area contributed by atoms with Crippen molar-refractivity contribution in [1.82, 2.24) is 20.2 Å². The van der Waals surface area contributed by atoms with E-state index in [1.165, 1.54) is 38.8 Å². The van der Waals surface area contributed by atoms with E-state index >= 15 is 8.78 Å². The number of hydrogen-bond acceptors (Lipinski definition) is 7. The second kappa shape index (κ2) is 8.39. The third-order valence-electron chi connectivity index (χ3n) is 7.77. The minimum Gasteiger partial charge on any atom is -0.507 e. The molecular weight excluding hydrogens is 452 g/mol. The highest BCUT2D eigenvalue weighted by Crippen LogP contribution is 2.58. The molecule has 35 heavy (non-hydrogen) atoms. The summed E-state index contributed by atoms with van der Waals surface area (Å²) < 4.78 is 35.1. The van der Waals surface area contributed by atoms with Crippen LogP contribution in [0.15, 0.2) is 30.6 Å². The van der Waals surface area contributed by atoms with Crippen molar-refractivity contribution in [3.63, 3.8) is 0 Å². The van der Waals surface area contributed by atoms with Gasteiger partial charge in [-0.1, -0.05) is 13.8 Å². The van der Waals surface area contributed by atoms with Gasteiger partial charge in [0.25, 0.3) is 0 Å². The molecule has 2 bridgehead atoms. The number of methoxy groups -OCH3 is 1. The molecule has 1 unspecified atom stereocenters. The van der Waals surface area contributed by atoms with Crippen LogP contribution in [0.2, 0.25) is 0 Å². The topological polar surface area (TPSA) is 84.3 Å². The number of anilines is 1. The molecule has 1 N–H and O–H groups in total. The average molecular weight is 482 g/mol. The van der Waals surface area contributed by atoms with E-state index in [-0.39, 0.29) is 28.4 Å². The Bertz CT molecular complexity index is 1250. The minimum atomic E-state index is -1.22. The van der Waals surface area contributed by atoms with Crippen LogP contribution >= 0.6 is 0 Å². The van der Waals surface area contributed by atoms with Crippen molar-refractivity contribution < 1.29 is 18.6 Å². The van der Waals surface area contributed by atoms with Crippen LogP contribution in [0, 0.1) is 22.5 Å². The molecule has 2 saturated carbocycles.